The van der Waals surface area contributed by atoms with Crippen LogP contribution in [-0.2, 0) is 0 Å². The van der Waals surface area contributed by atoms with Gasteiger partial charge in [-0.2, -0.15) is 0 Å². The molecule has 0 radical (unpaired) electrons. The minimum atomic E-state index is 0.646. The van der Waals surface area contributed by atoms with E-state index in [-0.39, 0.29) is 0 Å². The lowest BCUT2D eigenvalue weighted by Crippen LogP contribution is -1.86. The molecule has 2 N–H and O–H groups in total. The van der Waals surface area contributed by atoms with Crippen LogP contribution in [0.2, 0.25) is 0 Å². The van der Waals surface area contributed by atoms with Crippen molar-refractivity contribution in [1.29, 1.82) is 0 Å². The Bertz CT molecular complexity index is 289. The van der Waals surface area contributed by atoms with Crippen LogP contribution in [0.25, 0.3) is 6.08 Å². The minimum absolute atomic E-state index is 0.646. The third kappa shape index (κ3) is 2.61. The molecule has 0 aromatic carbocycles. The first-order valence-electron chi connectivity index (χ1n) is 4.64. The normalized spacial score (nSPS) is 11.2. The molecule has 72 valence electrons. The Morgan fingerprint density at radius 2 is 2.31 bits per heavy atom. The fourth-order valence-electron chi connectivity index (χ4n) is 1.03. The summed E-state index contributed by atoms with van der Waals surface area (Å²) in [5, 5.41) is 3.76. The molecule has 0 saturated carbocycles. The average Bonchev–Trinajstić information content (AvgIpc) is 2.43. The van der Waals surface area contributed by atoms with Gasteiger partial charge in [0.1, 0.15) is 11.4 Å². The highest BCUT2D eigenvalue weighted by atomic mass is 16.5. The Morgan fingerprint density at radius 1 is 1.54 bits per heavy atom. The topological polar surface area (TPSA) is 52.0 Å². The van der Waals surface area contributed by atoms with E-state index in [1.165, 1.54) is 12.8 Å². The molecule has 1 rings (SSSR count). The summed E-state index contributed by atoms with van der Waals surface area (Å²) in [7, 11) is 0. The third-order valence-electron chi connectivity index (χ3n) is 1.93. The standard InChI is InChI=1S/C10H16N2O/c1-3-4-5-6-7-9-10(11)8(2)12-13-9/h6-7H,3-5,11H2,1-2H3/b7-6+. The molecule has 0 saturated heterocycles. The van der Waals surface area contributed by atoms with E-state index in [1.807, 2.05) is 13.0 Å². The zero-order chi connectivity index (χ0) is 9.68. The number of nitrogens with two attached hydrogens (primary N) is 1. The number of rotatable bonds is 4. The largest absolute Gasteiger partial charge is 0.394 e. The van der Waals surface area contributed by atoms with E-state index in [0.717, 1.165) is 12.1 Å². The van der Waals surface area contributed by atoms with Gasteiger partial charge in [0.15, 0.2) is 5.76 Å². The van der Waals surface area contributed by atoms with Gasteiger partial charge in [-0.3, -0.25) is 0 Å². The van der Waals surface area contributed by atoms with Crippen molar-refractivity contribution < 1.29 is 4.52 Å². The lowest BCUT2D eigenvalue weighted by Gasteiger charge is -1.89. The maximum Gasteiger partial charge on any atom is 0.182 e. The van der Waals surface area contributed by atoms with E-state index >= 15 is 0 Å². The smallest absolute Gasteiger partial charge is 0.182 e. The van der Waals surface area contributed by atoms with Crippen LogP contribution in [0.1, 0.15) is 37.6 Å². The number of hydrogen-bond donors (Lipinski definition) is 1. The zero-order valence-electron chi connectivity index (χ0n) is 8.21. The van der Waals surface area contributed by atoms with Gasteiger partial charge in [0.2, 0.25) is 0 Å². The number of aryl methyl sites for hydroxylation is 1. The number of hydrogen-bond acceptors (Lipinski definition) is 3. The number of unbranched alkanes of at least 4 members (excludes halogenated alkanes) is 2. The van der Waals surface area contributed by atoms with Crippen LogP contribution in [0.15, 0.2) is 10.6 Å². The fourth-order valence-corrected chi connectivity index (χ4v) is 1.03. The number of nitrogen functional groups attached to an aromatic ring is 1. The van der Waals surface area contributed by atoms with Gasteiger partial charge in [0, 0.05) is 0 Å². The van der Waals surface area contributed by atoms with Crippen molar-refractivity contribution in [2.24, 2.45) is 0 Å². The number of aromatic nitrogens is 1. The predicted octanol–water partition coefficient (Wildman–Crippen LogP) is 2.77. The summed E-state index contributed by atoms with van der Waals surface area (Å²) in [6, 6.07) is 0. The molecule has 0 spiro atoms. The molecule has 0 aliphatic rings. The Hall–Kier alpha value is -1.25. The quantitative estimate of drug-likeness (QED) is 0.725. The van der Waals surface area contributed by atoms with Crippen molar-refractivity contribution in [1.82, 2.24) is 5.16 Å². The van der Waals surface area contributed by atoms with Crippen molar-refractivity contribution in [3.8, 4) is 0 Å². The minimum Gasteiger partial charge on any atom is -0.394 e. The summed E-state index contributed by atoms with van der Waals surface area (Å²) in [6.45, 7) is 4.00. The molecule has 0 atom stereocenters. The molecule has 0 bridgehead atoms. The second-order valence-corrected chi connectivity index (χ2v) is 3.09. The lowest BCUT2D eigenvalue weighted by molar-refractivity contribution is 0.408. The molecule has 1 heterocycles. The monoisotopic (exact) mass is 180 g/mol. The highest BCUT2D eigenvalue weighted by Gasteiger charge is 2.04. The summed E-state index contributed by atoms with van der Waals surface area (Å²) in [4.78, 5) is 0. The van der Waals surface area contributed by atoms with E-state index < -0.39 is 0 Å². The molecule has 0 amide bonds. The molecule has 3 heteroatoms. The molecule has 0 aliphatic carbocycles. The van der Waals surface area contributed by atoms with Gasteiger partial charge in [0.25, 0.3) is 0 Å². The molecule has 1 aromatic rings. The van der Waals surface area contributed by atoms with Gasteiger partial charge < -0.3 is 10.3 Å². The van der Waals surface area contributed by atoms with Crippen LogP contribution in [0.5, 0.6) is 0 Å². The Balaban J connectivity index is 2.53. The first-order valence-corrected chi connectivity index (χ1v) is 4.64. The van der Waals surface area contributed by atoms with Gasteiger partial charge in [-0.1, -0.05) is 31.0 Å². The zero-order valence-corrected chi connectivity index (χ0v) is 8.21. The average molecular weight is 180 g/mol. The van der Waals surface area contributed by atoms with Gasteiger partial charge in [-0.05, 0) is 19.4 Å². The highest BCUT2D eigenvalue weighted by Crippen LogP contribution is 2.17. The summed E-state index contributed by atoms with van der Waals surface area (Å²) in [6.07, 6.45) is 7.43. The van der Waals surface area contributed by atoms with Crippen LogP contribution in [0.3, 0.4) is 0 Å². The molecular formula is C10H16N2O. The van der Waals surface area contributed by atoms with Crippen LogP contribution in [-0.4, -0.2) is 5.16 Å². The highest BCUT2D eigenvalue weighted by molar-refractivity contribution is 5.60. The summed E-state index contributed by atoms with van der Waals surface area (Å²) in [5.74, 6) is 0.675. The molecule has 1 aromatic heterocycles. The second-order valence-electron chi connectivity index (χ2n) is 3.09. The maximum absolute atomic E-state index is 5.71. The molecule has 0 fully saturated rings. The first-order chi connectivity index (χ1) is 6.25. The molecular weight excluding hydrogens is 164 g/mol. The second kappa shape index (κ2) is 4.70. The number of allylic oxidation sites excluding steroid dienone is 1. The molecule has 0 aliphatic heterocycles. The van der Waals surface area contributed by atoms with E-state index in [0.29, 0.717) is 11.4 Å². The van der Waals surface area contributed by atoms with Crippen molar-refractivity contribution in [3.05, 3.63) is 17.5 Å². The Labute approximate surface area is 78.6 Å². The Kier molecular flexibility index (Phi) is 3.55. The van der Waals surface area contributed by atoms with E-state index in [9.17, 15) is 0 Å². The van der Waals surface area contributed by atoms with E-state index in [2.05, 4.69) is 18.2 Å². The number of nitrogens with zero attached hydrogens (tertiary/aromatic N) is 1. The predicted molar refractivity (Wildman–Crippen MR) is 54.2 cm³/mol. The van der Waals surface area contributed by atoms with Gasteiger partial charge in [0.05, 0.1) is 0 Å². The van der Waals surface area contributed by atoms with Crippen molar-refractivity contribution in [2.75, 3.05) is 5.73 Å². The van der Waals surface area contributed by atoms with E-state index in [4.69, 9.17) is 10.3 Å². The van der Waals surface area contributed by atoms with Crippen molar-refractivity contribution >= 4 is 11.8 Å². The SMILES string of the molecule is CCCC/C=C/c1onc(C)c1N. The van der Waals surface area contributed by atoms with Crippen LogP contribution < -0.4 is 5.73 Å². The van der Waals surface area contributed by atoms with Crippen LogP contribution >= 0.6 is 0 Å². The maximum atomic E-state index is 5.71. The van der Waals surface area contributed by atoms with Crippen LogP contribution in [0.4, 0.5) is 5.69 Å². The van der Waals surface area contributed by atoms with Crippen molar-refractivity contribution in [3.63, 3.8) is 0 Å². The molecule has 3 nitrogen and oxygen atoms in total. The first kappa shape index (κ1) is 9.84. The van der Waals surface area contributed by atoms with Crippen LogP contribution in [0, 0.1) is 6.92 Å². The van der Waals surface area contributed by atoms with E-state index in [1.54, 1.807) is 0 Å². The third-order valence-corrected chi connectivity index (χ3v) is 1.93. The summed E-state index contributed by atoms with van der Waals surface area (Å²) >= 11 is 0. The van der Waals surface area contributed by atoms with Gasteiger partial charge in [-0.25, -0.2) is 0 Å². The lowest BCUT2D eigenvalue weighted by atomic mass is 10.2. The molecule has 0 unspecified atom stereocenters. The number of anilines is 1. The summed E-state index contributed by atoms with van der Waals surface area (Å²) in [5.41, 5.74) is 7.12. The van der Waals surface area contributed by atoms with Crippen molar-refractivity contribution in [2.45, 2.75) is 33.1 Å². The fraction of sp³-hybridized carbons (Fsp3) is 0.500. The van der Waals surface area contributed by atoms with Gasteiger partial charge >= 0.3 is 0 Å². The molecule has 13 heavy (non-hydrogen) atoms. The van der Waals surface area contributed by atoms with Gasteiger partial charge in [-0.15, -0.1) is 0 Å². The Morgan fingerprint density at radius 3 is 2.85 bits per heavy atom. The summed E-state index contributed by atoms with van der Waals surface area (Å²) < 4.78 is 5.01.